The van der Waals surface area contributed by atoms with Gasteiger partial charge in [-0.05, 0) is 45.6 Å². The lowest BCUT2D eigenvalue weighted by Crippen LogP contribution is -2.71. The summed E-state index contributed by atoms with van der Waals surface area (Å²) in [4.78, 5) is 15.6. The van der Waals surface area contributed by atoms with Crippen LogP contribution in [0.3, 0.4) is 0 Å². The molecule has 4 heteroatoms. The van der Waals surface area contributed by atoms with Gasteiger partial charge in [-0.25, -0.2) is 0 Å². The first-order chi connectivity index (χ1) is 13.2. The molecule has 28 heavy (non-hydrogen) atoms. The number of hydrogen-bond acceptors (Lipinski definition) is 4. The summed E-state index contributed by atoms with van der Waals surface area (Å²) < 4.78 is 5.35. The minimum Gasteiger partial charge on any atom is -0.468 e. The summed E-state index contributed by atoms with van der Waals surface area (Å²) in [6.45, 7) is 24.4. The first-order valence-corrected chi connectivity index (χ1v) is 9.85. The monoisotopic (exact) mass is 389 g/mol. The van der Waals surface area contributed by atoms with E-state index in [1.54, 1.807) is 37.3 Å². The Morgan fingerprint density at radius 1 is 0.964 bits per heavy atom. The molecule has 158 valence electrons. The fourth-order valence-corrected chi connectivity index (χ4v) is 4.55. The molecule has 0 amide bonds. The molecular formula is C24H39NO3. The smallest absolute Gasteiger partial charge is 0.327 e. The van der Waals surface area contributed by atoms with Crippen LogP contribution in [0.15, 0.2) is 63.3 Å². The van der Waals surface area contributed by atoms with Crippen molar-refractivity contribution in [3.8, 4) is 0 Å². The van der Waals surface area contributed by atoms with Crippen molar-refractivity contribution in [1.82, 2.24) is 4.90 Å². The van der Waals surface area contributed by atoms with Crippen molar-refractivity contribution in [1.29, 1.82) is 0 Å². The average Bonchev–Trinajstić information content (AvgIpc) is 2.65. The summed E-state index contributed by atoms with van der Waals surface area (Å²) in [5.74, 6) is -0.407. The molecule has 0 saturated carbocycles. The fraction of sp³-hybridized carbons (Fsp3) is 0.542. The first-order valence-electron chi connectivity index (χ1n) is 9.85. The van der Waals surface area contributed by atoms with Crippen molar-refractivity contribution in [2.24, 2.45) is 5.41 Å². The zero-order chi connectivity index (χ0) is 21.8. The van der Waals surface area contributed by atoms with E-state index in [-0.39, 0.29) is 0 Å². The highest BCUT2D eigenvalue weighted by molar-refractivity contribution is 5.83. The fourth-order valence-electron chi connectivity index (χ4n) is 4.55. The molecule has 1 N–H and O–H groups in total. The molecule has 0 saturated heterocycles. The summed E-state index contributed by atoms with van der Waals surface area (Å²) in [6.07, 6.45) is 10.9. The van der Waals surface area contributed by atoms with E-state index in [0.717, 1.165) is 6.42 Å². The highest BCUT2D eigenvalue weighted by atomic mass is 16.5. The number of hydrogen-bond donors (Lipinski definition) is 1. The van der Waals surface area contributed by atoms with Crippen LogP contribution in [-0.2, 0) is 9.53 Å². The second-order valence-corrected chi connectivity index (χ2v) is 7.41. The Morgan fingerprint density at radius 3 is 1.82 bits per heavy atom. The lowest BCUT2D eigenvalue weighted by Gasteiger charge is -2.59. The molecule has 0 bridgehead atoms. The lowest BCUT2D eigenvalue weighted by atomic mass is 9.53. The maximum absolute atomic E-state index is 13.5. The summed E-state index contributed by atoms with van der Waals surface area (Å²) in [6, 6.07) is 0. The third kappa shape index (κ3) is 4.73. The molecule has 0 heterocycles. The molecular weight excluding hydrogens is 350 g/mol. The van der Waals surface area contributed by atoms with Gasteiger partial charge < -0.3 is 9.84 Å². The van der Waals surface area contributed by atoms with Gasteiger partial charge in [-0.1, -0.05) is 37.3 Å². The molecule has 0 aromatic heterocycles. The van der Waals surface area contributed by atoms with Crippen molar-refractivity contribution < 1.29 is 14.6 Å². The summed E-state index contributed by atoms with van der Waals surface area (Å²) >= 11 is 0. The average molecular weight is 390 g/mol. The molecule has 0 spiro atoms. The van der Waals surface area contributed by atoms with E-state index >= 15 is 0 Å². The topological polar surface area (TPSA) is 49.8 Å². The number of methoxy groups -OCH3 is 1. The number of rotatable bonds is 16. The second-order valence-electron chi connectivity index (χ2n) is 7.41. The number of allylic oxidation sites excluding steroid dienone is 2. The molecule has 1 unspecified atom stereocenters. The van der Waals surface area contributed by atoms with Crippen LogP contribution in [0.5, 0.6) is 0 Å². The van der Waals surface area contributed by atoms with Crippen molar-refractivity contribution in [3.05, 3.63) is 63.3 Å². The largest absolute Gasteiger partial charge is 0.468 e. The van der Waals surface area contributed by atoms with Gasteiger partial charge in [0.25, 0.3) is 0 Å². The molecule has 0 radical (unpaired) electrons. The predicted octanol–water partition coefficient (Wildman–Crippen LogP) is 4.84. The van der Waals surface area contributed by atoms with Crippen molar-refractivity contribution >= 4 is 5.97 Å². The van der Waals surface area contributed by atoms with E-state index in [1.807, 2.05) is 0 Å². The molecule has 4 nitrogen and oxygen atoms in total. The van der Waals surface area contributed by atoms with Gasteiger partial charge in [-0.15, -0.1) is 32.9 Å². The Kier molecular flexibility index (Phi) is 11.0. The second kappa shape index (κ2) is 11.8. The maximum Gasteiger partial charge on any atom is 0.327 e. The number of carbonyl (C=O) groups excluding carboxylic acids is 1. The Morgan fingerprint density at radius 2 is 1.46 bits per heavy atom. The molecule has 0 aliphatic carbocycles. The third-order valence-corrected chi connectivity index (χ3v) is 5.70. The highest BCUT2D eigenvalue weighted by Crippen LogP contribution is 2.54. The van der Waals surface area contributed by atoms with Crippen LogP contribution in [0.25, 0.3) is 0 Å². The van der Waals surface area contributed by atoms with Crippen LogP contribution in [0, 0.1) is 5.41 Å². The number of ether oxygens (including phenoxy) is 1. The standard InChI is InChI=1S/C24H39NO3/c1-9-15-22(7,27)23(16-10-2,17-11-3)24(18-12-4,21(26)28-8)25(19-13-5)20-14-6/h9-13,27H,1-5,14-20H2,6-8H3/t22?,24-/m1/s1. The van der Waals surface area contributed by atoms with Gasteiger partial charge in [0.1, 0.15) is 5.54 Å². The number of nitrogens with zero attached hydrogens (tertiary/aromatic N) is 1. The van der Waals surface area contributed by atoms with Gasteiger partial charge in [0.2, 0.25) is 0 Å². The van der Waals surface area contributed by atoms with E-state index in [9.17, 15) is 9.90 Å². The van der Waals surface area contributed by atoms with Crippen molar-refractivity contribution in [2.75, 3.05) is 20.2 Å². The van der Waals surface area contributed by atoms with Crippen LogP contribution < -0.4 is 0 Å². The highest BCUT2D eigenvalue weighted by Gasteiger charge is 2.65. The number of carbonyl (C=O) groups is 1. The van der Waals surface area contributed by atoms with Gasteiger partial charge in [0, 0.05) is 12.0 Å². The SMILES string of the molecule is C=CCN(CCC)[C@](CC=C)(C(=O)OC)C(CC=C)(CC=C)C(C)(O)CC=C. The van der Waals surface area contributed by atoms with E-state index in [0.29, 0.717) is 38.8 Å². The predicted molar refractivity (Wildman–Crippen MR) is 119 cm³/mol. The minimum absolute atomic E-state index is 0.304. The lowest BCUT2D eigenvalue weighted by molar-refractivity contribution is -0.193. The van der Waals surface area contributed by atoms with Gasteiger partial charge in [0.15, 0.2) is 0 Å². The molecule has 2 atom stereocenters. The normalized spacial score (nSPS) is 15.8. The van der Waals surface area contributed by atoms with Gasteiger partial charge in [0.05, 0.1) is 12.7 Å². The molecule has 0 rings (SSSR count). The summed E-state index contributed by atoms with van der Waals surface area (Å²) in [7, 11) is 1.38. The zero-order valence-electron chi connectivity index (χ0n) is 18.1. The van der Waals surface area contributed by atoms with Crippen molar-refractivity contribution in [3.63, 3.8) is 0 Å². The van der Waals surface area contributed by atoms with Gasteiger partial charge in [-0.2, -0.15) is 0 Å². The van der Waals surface area contributed by atoms with Crippen LogP contribution in [0.4, 0.5) is 0 Å². The summed E-state index contributed by atoms with van der Waals surface area (Å²) in [5.41, 5.74) is -3.42. The number of aliphatic hydroxyl groups is 1. The number of esters is 1. The Bertz CT molecular complexity index is 554. The van der Waals surface area contributed by atoms with E-state index in [2.05, 4.69) is 44.7 Å². The van der Waals surface area contributed by atoms with Gasteiger partial charge in [-0.3, -0.25) is 9.69 Å². The van der Waals surface area contributed by atoms with Crippen LogP contribution in [0.1, 0.15) is 46.0 Å². The quantitative estimate of drug-likeness (QED) is 0.303. The van der Waals surface area contributed by atoms with E-state index in [1.165, 1.54) is 7.11 Å². The van der Waals surface area contributed by atoms with Crippen LogP contribution in [0.2, 0.25) is 0 Å². The van der Waals surface area contributed by atoms with E-state index in [4.69, 9.17) is 4.74 Å². The summed E-state index contributed by atoms with van der Waals surface area (Å²) in [5, 5.41) is 11.7. The first kappa shape index (κ1) is 26.1. The van der Waals surface area contributed by atoms with Gasteiger partial charge >= 0.3 is 5.97 Å². The van der Waals surface area contributed by atoms with Crippen LogP contribution in [-0.4, -0.2) is 47.3 Å². The Hall–Kier alpha value is -1.91. The van der Waals surface area contributed by atoms with Crippen LogP contribution >= 0.6 is 0 Å². The Labute approximate surface area is 172 Å². The maximum atomic E-state index is 13.5. The third-order valence-electron chi connectivity index (χ3n) is 5.70. The zero-order valence-corrected chi connectivity index (χ0v) is 18.1. The van der Waals surface area contributed by atoms with E-state index < -0.39 is 22.5 Å². The van der Waals surface area contributed by atoms with Crippen molar-refractivity contribution in [2.45, 2.75) is 57.1 Å². The molecule has 0 aromatic carbocycles. The molecule has 0 aliphatic heterocycles. The Balaban J connectivity index is 7.32. The molecule has 0 aromatic rings. The molecule has 0 aliphatic rings. The molecule has 0 fully saturated rings. The minimum atomic E-state index is -1.28.